The van der Waals surface area contributed by atoms with Crippen LogP contribution in [0.3, 0.4) is 0 Å². The van der Waals surface area contributed by atoms with Gasteiger partial charge in [0.15, 0.2) is 15.5 Å². The molecule has 120 valence electrons. The smallest absolute Gasteiger partial charge is 0.274 e. The van der Waals surface area contributed by atoms with Gasteiger partial charge in [-0.15, -0.1) is 11.7 Å². The van der Waals surface area contributed by atoms with Gasteiger partial charge >= 0.3 is 0 Å². The van der Waals surface area contributed by atoms with Crippen molar-refractivity contribution in [1.82, 2.24) is 19.8 Å². The highest BCUT2D eigenvalue weighted by Gasteiger charge is 2.14. The Morgan fingerprint density at radius 2 is 2.22 bits per heavy atom. The Kier molecular flexibility index (Phi) is 5.72. The Morgan fingerprint density at radius 3 is 2.83 bits per heavy atom. The fourth-order valence-electron chi connectivity index (χ4n) is 1.58. The topological polar surface area (TPSA) is 71.3 Å². The molecule has 1 aromatic heterocycles. The van der Waals surface area contributed by atoms with Crippen LogP contribution in [0, 0.1) is 5.82 Å². The number of rotatable bonds is 4. The van der Waals surface area contributed by atoms with Gasteiger partial charge in [0.2, 0.25) is 0 Å². The molecule has 2 rings (SSSR count). The zero-order valence-corrected chi connectivity index (χ0v) is 13.9. The number of nitrogens with zero attached hydrogens (tertiary/aromatic N) is 3. The third-order valence-corrected chi connectivity index (χ3v) is 3.82. The van der Waals surface area contributed by atoms with Crippen LogP contribution in [-0.4, -0.2) is 33.8 Å². The normalized spacial score (nSPS) is 11.1. The maximum atomic E-state index is 13.0. The van der Waals surface area contributed by atoms with Crippen molar-refractivity contribution >= 4 is 34.8 Å². The largest absolute Gasteiger partial charge is 0.357 e. The first kappa shape index (κ1) is 17.0. The molecule has 0 atom stereocenters. The summed E-state index contributed by atoms with van der Waals surface area (Å²) in [5.74, 6) is -0.732. The summed E-state index contributed by atoms with van der Waals surface area (Å²) >= 11 is 6.22. The van der Waals surface area contributed by atoms with Crippen LogP contribution in [0.1, 0.15) is 10.5 Å². The lowest BCUT2D eigenvalue weighted by Gasteiger charge is -1.98. The maximum absolute atomic E-state index is 13.0. The van der Waals surface area contributed by atoms with Crippen molar-refractivity contribution in [3.05, 3.63) is 53.1 Å². The second-order valence-electron chi connectivity index (χ2n) is 4.26. The van der Waals surface area contributed by atoms with Gasteiger partial charge in [-0.2, -0.15) is 4.07 Å². The fourth-order valence-corrected chi connectivity index (χ4v) is 2.68. The molecule has 2 N–H and O–H groups in total. The predicted octanol–water partition coefficient (Wildman–Crippen LogP) is 1.39. The zero-order valence-electron chi connectivity index (χ0n) is 12.2. The zero-order chi connectivity index (χ0) is 16.8. The summed E-state index contributed by atoms with van der Waals surface area (Å²) in [6.45, 7) is 4.04. The quantitative estimate of drug-likeness (QED) is 0.645. The van der Waals surface area contributed by atoms with Crippen molar-refractivity contribution in [1.29, 1.82) is 0 Å². The summed E-state index contributed by atoms with van der Waals surface area (Å²) in [6.07, 6.45) is 1.65. The van der Waals surface area contributed by atoms with E-state index in [0.29, 0.717) is 16.9 Å². The van der Waals surface area contributed by atoms with E-state index in [1.807, 2.05) is 0 Å². The Labute approximate surface area is 141 Å². The molecule has 0 saturated carbocycles. The van der Waals surface area contributed by atoms with Gasteiger partial charge in [-0.25, -0.2) is 9.38 Å². The molecule has 9 heteroatoms. The third-order valence-electron chi connectivity index (χ3n) is 2.66. The van der Waals surface area contributed by atoms with Gasteiger partial charge in [-0.3, -0.25) is 4.79 Å². The van der Waals surface area contributed by atoms with E-state index in [9.17, 15) is 9.18 Å². The molecule has 0 aliphatic rings. The van der Waals surface area contributed by atoms with Gasteiger partial charge in [-0.1, -0.05) is 6.08 Å². The first-order chi connectivity index (χ1) is 11.0. The SMILES string of the molecule is C=CCNC(=S)N=c1sn(-c2ccc(F)cc2)nc1C(=O)NC. The number of hydrogen-bond donors (Lipinski definition) is 2. The van der Waals surface area contributed by atoms with Gasteiger partial charge < -0.3 is 10.6 Å². The van der Waals surface area contributed by atoms with Crippen molar-refractivity contribution < 1.29 is 9.18 Å². The molecule has 0 saturated heterocycles. The number of carbonyl (C=O) groups excluding carboxylic acids is 1. The molecule has 1 heterocycles. The van der Waals surface area contributed by atoms with Gasteiger partial charge in [0.1, 0.15) is 5.82 Å². The average molecular weight is 351 g/mol. The van der Waals surface area contributed by atoms with E-state index in [4.69, 9.17) is 12.2 Å². The molecule has 0 radical (unpaired) electrons. The summed E-state index contributed by atoms with van der Waals surface area (Å²) in [7, 11) is 1.50. The average Bonchev–Trinajstić information content (AvgIpc) is 2.96. The van der Waals surface area contributed by atoms with Gasteiger partial charge in [0, 0.05) is 13.6 Å². The van der Waals surface area contributed by atoms with Crippen molar-refractivity contribution in [2.75, 3.05) is 13.6 Å². The summed E-state index contributed by atoms with van der Waals surface area (Å²) in [5, 5.41) is 9.80. The summed E-state index contributed by atoms with van der Waals surface area (Å²) in [6, 6.07) is 5.75. The molecule has 0 spiro atoms. The van der Waals surface area contributed by atoms with E-state index in [-0.39, 0.29) is 22.5 Å². The van der Waals surface area contributed by atoms with E-state index >= 15 is 0 Å². The second kappa shape index (κ2) is 7.75. The molecule has 0 unspecified atom stereocenters. The Morgan fingerprint density at radius 1 is 1.52 bits per heavy atom. The van der Waals surface area contributed by atoms with Gasteiger partial charge in [0.05, 0.1) is 5.69 Å². The molecule has 1 amide bonds. The van der Waals surface area contributed by atoms with E-state index in [1.54, 1.807) is 18.2 Å². The molecule has 0 bridgehead atoms. The van der Waals surface area contributed by atoms with Crippen molar-refractivity contribution in [3.8, 4) is 5.69 Å². The minimum atomic E-state index is -0.382. The lowest BCUT2D eigenvalue weighted by atomic mass is 10.3. The van der Waals surface area contributed by atoms with E-state index in [1.165, 1.54) is 23.3 Å². The van der Waals surface area contributed by atoms with Crippen LogP contribution in [0.25, 0.3) is 5.69 Å². The number of nitrogens with one attached hydrogen (secondary N) is 2. The fraction of sp³-hybridized carbons (Fsp3) is 0.143. The Bertz CT molecular complexity index is 794. The van der Waals surface area contributed by atoms with Gasteiger partial charge in [-0.05, 0) is 48.0 Å². The van der Waals surface area contributed by atoms with Crippen LogP contribution in [0.5, 0.6) is 0 Å². The highest BCUT2D eigenvalue weighted by Crippen LogP contribution is 2.10. The molecular formula is C14H14FN5OS2. The number of aromatic nitrogens is 2. The number of carbonyl (C=O) groups is 1. The van der Waals surface area contributed by atoms with Gasteiger partial charge in [0.25, 0.3) is 5.91 Å². The van der Waals surface area contributed by atoms with Crippen molar-refractivity contribution in [2.45, 2.75) is 0 Å². The number of hydrogen-bond acceptors (Lipinski definition) is 4. The minimum Gasteiger partial charge on any atom is -0.357 e. The minimum absolute atomic E-state index is 0.143. The summed E-state index contributed by atoms with van der Waals surface area (Å²) in [5.41, 5.74) is 0.762. The van der Waals surface area contributed by atoms with E-state index in [0.717, 1.165) is 11.5 Å². The molecule has 0 fully saturated rings. The van der Waals surface area contributed by atoms with Crippen LogP contribution in [0.2, 0.25) is 0 Å². The molecule has 2 aromatic rings. The summed E-state index contributed by atoms with van der Waals surface area (Å²) < 4.78 is 14.9. The number of halogens is 1. The number of amides is 1. The Hall–Kier alpha value is -2.39. The van der Waals surface area contributed by atoms with E-state index < -0.39 is 0 Å². The lowest BCUT2D eigenvalue weighted by molar-refractivity contribution is 0.0956. The van der Waals surface area contributed by atoms with E-state index in [2.05, 4.69) is 27.3 Å². The number of benzene rings is 1. The van der Waals surface area contributed by atoms with Crippen molar-refractivity contribution in [2.24, 2.45) is 4.99 Å². The monoisotopic (exact) mass is 351 g/mol. The molecule has 0 aliphatic carbocycles. The van der Waals surface area contributed by atoms with Crippen molar-refractivity contribution in [3.63, 3.8) is 0 Å². The standard InChI is InChI=1S/C14H14FN5OS2/c1-3-8-17-14(22)18-13-11(12(21)16-2)19-20(23-13)10-6-4-9(15)5-7-10/h3-7H,1,8H2,2H3,(H,16,21)(H,17,22). The van der Waals surface area contributed by atoms with Crippen LogP contribution in [-0.2, 0) is 0 Å². The number of thiocarbonyl (C=S) groups is 1. The van der Waals surface area contributed by atoms with Crippen LogP contribution in [0.15, 0.2) is 41.9 Å². The van der Waals surface area contributed by atoms with Crippen LogP contribution >= 0.6 is 23.8 Å². The highest BCUT2D eigenvalue weighted by molar-refractivity contribution is 7.80. The molecular weight excluding hydrogens is 337 g/mol. The molecule has 23 heavy (non-hydrogen) atoms. The first-order valence-corrected chi connectivity index (χ1v) is 7.75. The lowest BCUT2D eigenvalue weighted by Crippen LogP contribution is -2.27. The second-order valence-corrected chi connectivity index (χ2v) is 5.56. The van der Waals surface area contributed by atoms with Crippen LogP contribution < -0.4 is 15.3 Å². The summed E-state index contributed by atoms with van der Waals surface area (Å²) in [4.78, 5) is 16.2. The molecule has 6 nitrogen and oxygen atoms in total. The predicted molar refractivity (Wildman–Crippen MR) is 91.1 cm³/mol. The first-order valence-electron chi connectivity index (χ1n) is 6.57. The molecule has 1 aromatic carbocycles. The Balaban J connectivity index is 2.46. The molecule has 0 aliphatic heterocycles. The maximum Gasteiger partial charge on any atom is 0.274 e. The van der Waals surface area contributed by atoms with Crippen LogP contribution in [0.4, 0.5) is 4.39 Å². The third kappa shape index (κ3) is 4.30. The highest BCUT2D eigenvalue weighted by atomic mass is 32.1.